The van der Waals surface area contributed by atoms with Crippen LogP contribution in [-0.4, -0.2) is 7.11 Å². The number of halogens is 2. The Labute approximate surface area is 118 Å². The largest absolute Gasteiger partial charge is 0.497 e. The molecule has 100 valence electrons. The van der Waals surface area contributed by atoms with Gasteiger partial charge in [0.05, 0.1) is 12.5 Å². The Balaban J connectivity index is 2.41. The first-order valence-corrected chi connectivity index (χ1v) is 6.51. The first kappa shape index (κ1) is 13.9. The van der Waals surface area contributed by atoms with E-state index in [0.717, 1.165) is 22.4 Å². The molecular formula is C16H16ClFO. The number of ether oxygens (including phenoxy) is 1. The van der Waals surface area contributed by atoms with E-state index in [2.05, 4.69) is 0 Å². The number of methoxy groups -OCH3 is 1. The van der Waals surface area contributed by atoms with Crippen molar-refractivity contribution < 1.29 is 9.13 Å². The van der Waals surface area contributed by atoms with E-state index in [0.29, 0.717) is 5.56 Å². The first-order valence-electron chi connectivity index (χ1n) is 6.07. The number of benzene rings is 2. The third-order valence-electron chi connectivity index (χ3n) is 3.18. The fourth-order valence-corrected chi connectivity index (χ4v) is 2.49. The van der Waals surface area contributed by atoms with E-state index in [-0.39, 0.29) is 5.82 Å². The SMILES string of the molecule is COc1ccc(C(Cl)c2ccc(C)cc2F)c(C)c1. The second-order valence-electron chi connectivity index (χ2n) is 4.61. The molecule has 0 bridgehead atoms. The summed E-state index contributed by atoms with van der Waals surface area (Å²) in [7, 11) is 1.62. The Morgan fingerprint density at radius 2 is 1.74 bits per heavy atom. The van der Waals surface area contributed by atoms with Gasteiger partial charge >= 0.3 is 0 Å². The van der Waals surface area contributed by atoms with Crippen LogP contribution >= 0.6 is 11.6 Å². The number of alkyl halides is 1. The van der Waals surface area contributed by atoms with Crippen LogP contribution in [0.25, 0.3) is 0 Å². The van der Waals surface area contributed by atoms with Crippen molar-refractivity contribution in [1.82, 2.24) is 0 Å². The molecule has 0 aromatic heterocycles. The lowest BCUT2D eigenvalue weighted by Crippen LogP contribution is -2.00. The molecule has 19 heavy (non-hydrogen) atoms. The Morgan fingerprint density at radius 1 is 1.05 bits per heavy atom. The third-order valence-corrected chi connectivity index (χ3v) is 3.65. The molecule has 0 aliphatic carbocycles. The molecule has 0 fully saturated rings. The zero-order valence-electron chi connectivity index (χ0n) is 11.2. The minimum absolute atomic E-state index is 0.268. The van der Waals surface area contributed by atoms with Crippen LogP contribution in [0.15, 0.2) is 36.4 Å². The summed E-state index contributed by atoms with van der Waals surface area (Å²) < 4.78 is 19.1. The average molecular weight is 279 g/mol. The van der Waals surface area contributed by atoms with Crippen molar-refractivity contribution in [2.75, 3.05) is 7.11 Å². The van der Waals surface area contributed by atoms with Crippen LogP contribution in [-0.2, 0) is 0 Å². The topological polar surface area (TPSA) is 9.23 Å². The summed E-state index contributed by atoms with van der Waals surface area (Å²) in [5, 5.41) is -0.494. The molecule has 1 nitrogen and oxygen atoms in total. The maximum atomic E-state index is 14.0. The molecule has 0 N–H and O–H groups in total. The highest BCUT2D eigenvalue weighted by atomic mass is 35.5. The molecule has 2 aromatic rings. The molecule has 0 heterocycles. The Kier molecular flexibility index (Phi) is 4.11. The maximum Gasteiger partial charge on any atom is 0.128 e. The van der Waals surface area contributed by atoms with Gasteiger partial charge in [0.1, 0.15) is 11.6 Å². The summed E-state index contributed by atoms with van der Waals surface area (Å²) in [5.74, 6) is 0.504. The summed E-state index contributed by atoms with van der Waals surface area (Å²) >= 11 is 6.41. The number of rotatable bonds is 3. The van der Waals surface area contributed by atoms with E-state index in [9.17, 15) is 4.39 Å². The summed E-state index contributed by atoms with van der Waals surface area (Å²) in [6, 6.07) is 10.7. The Hall–Kier alpha value is -1.54. The van der Waals surface area contributed by atoms with Crippen molar-refractivity contribution in [3.05, 3.63) is 64.5 Å². The van der Waals surface area contributed by atoms with Gasteiger partial charge in [-0.1, -0.05) is 18.2 Å². The third kappa shape index (κ3) is 2.90. The summed E-state index contributed by atoms with van der Waals surface area (Å²) in [4.78, 5) is 0. The van der Waals surface area contributed by atoms with Gasteiger partial charge in [-0.3, -0.25) is 0 Å². The van der Waals surface area contributed by atoms with Gasteiger partial charge in [0, 0.05) is 5.56 Å². The van der Waals surface area contributed by atoms with Gasteiger partial charge in [-0.25, -0.2) is 4.39 Å². The van der Waals surface area contributed by atoms with Crippen LogP contribution in [0.1, 0.15) is 27.6 Å². The molecule has 0 radical (unpaired) electrons. The van der Waals surface area contributed by atoms with Crippen molar-refractivity contribution in [3.8, 4) is 5.75 Å². The first-order chi connectivity index (χ1) is 9.02. The normalized spacial score (nSPS) is 12.3. The molecule has 2 rings (SSSR count). The van der Waals surface area contributed by atoms with Crippen molar-refractivity contribution >= 4 is 11.6 Å². The zero-order chi connectivity index (χ0) is 14.0. The summed E-state index contributed by atoms with van der Waals surface area (Å²) in [6.07, 6.45) is 0. The highest BCUT2D eigenvalue weighted by Gasteiger charge is 2.17. The fourth-order valence-electron chi connectivity index (χ4n) is 2.06. The van der Waals surface area contributed by atoms with Gasteiger partial charge < -0.3 is 4.74 Å². The molecule has 3 heteroatoms. The average Bonchev–Trinajstić information content (AvgIpc) is 2.37. The molecule has 0 aliphatic rings. The van der Waals surface area contributed by atoms with Gasteiger partial charge in [0.15, 0.2) is 0 Å². The van der Waals surface area contributed by atoms with Gasteiger partial charge in [-0.2, -0.15) is 0 Å². The van der Waals surface area contributed by atoms with E-state index >= 15 is 0 Å². The van der Waals surface area contributed by atoms with Gasteiger partial charge in [-0.15, -0.1) is 11.6 Å². The number of hydrogen-bond donors (Lipinski definition) is 0. The minimum atomic E-state index is -0.494. The standard InChI is InChI=1S/C16H16ClFO/c1-10-4-6-14(15(18)8-10)16(17)13-7-5-12(19-3)9-11(13)2/h4-9,16H,1-3H3. The fraction of sp³-hybridized carbons (Fsp3) is 0.250. The van der Waals surface area contributed by atoms with Crippen LogP contribution < -0.4 is 4.74 Å². The molecular weight excluding hydrogens is 263 g/mol. The lowest BCUT2D eigenvalue weighted by Gasteiger charge is -2.15. The predicted octanol–water partition coefficient (Wildman–Crippen LogP) is 4.78. The van der Waals surface area contributed by atoms with Crippen molar-refractivity contribution in [3.63, 3.8) is 0 Å². The second-order valence-corrected chi connectivity index (χ2v) is 5.05. The summed E-state index contributed by atoms with van der Waals surface area (Å²) in [5.41, 5.74) is 3.27. The molecule has 1 atom stereocenters. The zero-order valence-corrected chi connectivity index (χ0v) is 12.0. The van der Waals surface area contributed by atoms with E-state index in [4.69, 9.17) is 16.3 Å². The van der Waals surface area contributed by atoms with Crippen molar-refractivity contribution in [1.29, 1.82) is 0 Å². The lowest BCUT2D eigenvalue weighted by molar-refractivity contribution is 0.414. The van der Waals surface area contributed by atoms with Crippen LogP contribution in [0.3, 0.4) is 0 Å². The molecule has 0 saturated heterocycles. The second kappa shape index (κ2) is 5.62. The highest BCUT2D eigenvalue weighted by molar-refractivity contribution is 6.22. The monoisotopic (exact) mass is 278 g/mol. The van der Waals surface area contributed by atoms with Crippen LogP contribution in [0, 0.1) is 19.7 Å². The van der Waals surface area contributed by atoms with Crippen molar-refractivity contribution in [2.24, 2.45) is 0 Å². The molecule has 2 aromatic carbocycles. The van der Waals surface area contributed by atoms with Gasteiger partial charge in [0.25, 0.3) is 0 Å². The van der Waals surface area contributed by atoms with E-state index in [1.54, 1.807) is 13.2 Å². The Bertz CT molecular complexity index is 595. The van der Waals surface area contributed by atoms with Gasteiger partial charge in [-0.05, 0) is 48.7 Å². The molecule has 0 amide bonds. The maximum absolute atomic E-state index is 14.0. The number of aryl methyl sites for hydroxylation is 2. The lowest BCUT2D eigenvalue weighted by atomic mass is 9.98. The summed E-state index contributed by atoms with van der Waals surface area (Å²) in [6.45, 7) is 3.80. The predicted molar refractivity (Wildman–Crippen MR) is 76.6 cm³/mol. The van der Waals surface area contributed by atoms with Crippen molar-refractivity contribution in [2.45, 2.75) is 19.2 Å². The van der Waals surface area contributed by atoms with Crippen LogP contribution in [0.5, 0.6) is 5.75 Å². The molecule has 0 spiro atoms. The Morgan fingerprint density at radius 3 is 2.32 bits per heavy atom. The quantitative estimate of drug-likeness (QED) is 0.734. The smallest absolute Gasteiger partial charge is 0.128 e. The van der Waals surface area contributed by atoms with Crippen LogP contribution in [0.4, 0.5) is 4.39 Å². The van der Waals surface area contributed by atoms with Gasteiger partial charge in [0.2, 0.25) is 0 Å². The highest BCUT2D eigenvalue weighted by Crippen LogP contribution is 2.34. The van der Waals surface area contributed by atoms with E-state index in [1.165, 1.54) is 6.07 Å². The molecule has 0 saturated carbocycles. The van der Waals surface area contributed by atoms with E-state index in [1.807, 2.05) is 38.1 Å². The molecule has 1 unspecified atom stereocenters. The molecule has 0 aliphatic heterocycles. The van der Waals surface area contributed by atoms with Crippen LogP contribution in [0.2, 0.25) is 0 Å². The number of hydrogen-bond acceptors (Lipinski definition) is 1. The minimum Gasteiger partial charge on any atom is -0.497 e. The van der Waals surface area contributed by atoms with E-state index < -0.39 is 5.38 Å².